The second kappa shape index (κ2) is 8.07. The molecule has 1 aliphatic heterocycles. The number of hydrogen-bond donors (Lipinski definition) is 4. The Morgan fingerprint density at radius 3 is 2.91 bits per heavy atom. The number of urea groups is 1. The monoisotopic (exact) mass is 310 g/mol. The van der Waals surface area contributed by atoms with Gasteiger partial charge in [-0.1, -0.05) is 12.1 Å². The van der Waals surface area contributed by atoms with Crippen LogP contribution in [0.4, 0.5) is 9.18 Å². The van der Waals surface area contributed by atoms with Gasteiger partial charge < -0.3 is 21.5 Å². The molecule has 22 heavy (non-hydrogen) atoms. The van der Waals surface area contributed by atoms with Gasteiger partial charge in [-0.15, -0.1) is 0 Å². The highest BCUT2D eigenvalue weighted by molar-refractivity contribution is 5.73. The Balaban J connectivity index is 1.67. The maximum Gasteiger partial charge on any atom is 0.315 e. The third-order valence-corrected chi connectivity index (χ3v) is 3.75. The summed E-state index contributed by atoms with van der Waals surface area (Å²) < 4.78 is 13.7. The van der Waals surface area contributed by atoms with Crippen LogP contribution in [0, 0.1) is 5.82 Å². The highest BCUT2D eigenvalue weighted by Gasteiger charge is 2.19. The fourth-order valence-corrected chi connectivity index (χ4v) is 2.44. The van der Waals surface area contributed by atoms with Crippen molar-refractivity contribution in [1.82, 2.24) is 15.5 Å². The number of likely N-dealkylation sites (tertiary alicyclic amines) is 1. The summed E-state index contributed by atoms with van der Waals surface area (Å²) in [5.74, 6) is -0.366. The van der Waals surface area contributed by atoms with E-state index in [4.69, 9.17) is 5.73 Å². The van der Waals surface area contributed by atoms with Gasteiger partial charge >= 0.3 is 6.03 Å². The van der Waals surface area contributed by atoms with Crippen LogP contribution in [0.2, 0.25) is 0 Å². The second-order valence-electron chi connectivity index (χ2n) is 5.48. The van der Waals surface area contributed by atoms with Crippen LogP contribution in [-0.2, 0) is 13.1 Å². The summed E-state index contributed by atoms with van der Waals surface area (Å²) in [6, 6.07) is 4.43. The topological polar surface area (TPSA) is 90.6 Å². The molecule has 1 aromatic rings. The van der Waals surface area contributed by atoms with Crippen molar-refractivity contribution in [3.8, 4) is 0 Å². The van der Waals surface area contributed by atoms with E-state index >= 15 is 0 Å². The molecule has 1 heterocycles. The summed E-state index contributed by atoms with van der Waals surface area (Å²) in [5, 5.41) is 14.7. The predicted molar refractivity (Wildman–Crippen MR) is 81.6 cm³/mol. The number of nitrogens with two attached hydrogens (primary N) is 1. The highest BCUT2D eigenvalue weighted by atomic mass is 19.1. The summed E-state index contributed by atoms with van der Waals surface area (Å²) >= 11 is 0. The van der Waals surface area contributed by atoms with Crippen molar-refractivity contribution >= 4 is 6.03 Å². The zero-order valence-corrected chi connectivity index (χ0v) is 12.5. The highest BCUT2D eigenvalue weighted by Crippen LogP contribution is 2.10. The third kappa shape index (κ3) is 4.94. The number of rotatable bonds is 6. The van der Waals surface area contributed by atoms with Crippen molar-refractivity contribution in [3.63, 3.8) is 0 Å². The summed E-state index contributed by atoms with van der Waals surface area (Å²) in [7, 11) is 0. The fraction of sp³-hybridized carbons (Fsp3) is 0.533. The van der Waals surface area contributed by atoms with Crippen LogP contribution in [-0.4, -0.2) is 48.3 Å². The number of aliphatic hydroxyl groups is 1. The number of nitrogens with zero attached hydrogens (tertiary/aromatic N) is 1. The van der Waals surface area contributed by atoms with Crippen molar-refractivity contribution < 1.29 is 14.3 Å². The largest absolute Gasteiger partial charge is 0.392 e. The molecule has 0 aliphatic carbocycles. The van der Waals surface area contributed by atoms with Gasteiger partial charge in [-0.05, 0) is 18.1 Å². The molecule has 5 N–H and O–H groups in total. The van der Waals surface area contributed by atoms with Gasteiger partial charge in [0.2, 0.25) is 0 Å². The van der Waals surface area contributed by atoms with E-state index in [-0.39, 0.29) is 31.0 Å². The molecule has 6 nitrogen and oxygen atoms in total. The predicted octanol–water partition coefficient (Wildman–Crippen LogP) is 0.150. The Morgan fingerprint density at radius 2 is 2.27 bits per heavy atom. The second-order valence-corrected chi connectivity index (χ2v) is 5.48. The average Bonchev–Trinajstić information content (AvgIpc) is 2.91. The Labute approximate surface area is 129 Å². The van der Waals surface area contributed by atoms with Gasteiger partial charge in [0, 0.05) is 44.8 Å². The lowest BCUT2D eigenvalue weighted by molar-refractivity contribution is 0.176. The standard InChI is InChI=1S/C15H23FN4O2/c16-14-7-11(8-17)1-2-12(14)9-19-15(22)18-4-6-20-5-3-13(21)10-20/h1-2,7,13,21H,3-6,8-10,17H2,(H2,18,19,22)/t13-/m0/s1. The molecular formula is C15H23FN4O2. The Bertz CT molecular complexity index is 512. The van der Waals surface area contributed by atoms with E-state index in [1.165, 1.54) is 6.07 Å². The number of halogens is 1. The molecule has 122 valence electrons. The normalized spacial score (nSPS) is 18.4. The van der Waals surface area contributed by atoms with Crippen LogP contribution in [0.1, 0.15) is 17.5 Å². The molecular weight excluding hydrogens is 287 g/mol. The molecule has 1 atom stereocenters. The molecule has 1 aliphatic rings. The summed E-state index contributed by atoms with van der Waals surface area (Å²) in [6.07, 6.45) is 0.526. The summed E-state index contributed by atoms with van der Waals surface area (Å²) in [6.45, 7) is 3.11. The van der Waals surface area contributed by atoms with Crippen molar-refractivity contribution in [3.05, 3.63) is 35.1 Å². The van der Waals surface area contributed by atoms with E-state index in [9.17, 15) is 14.3 Å². The average molecular weight is 310 g/mol. The molecule has 1 saturated heterocycles. The molecule has 1 aromatic carbocycles. The first-order chi connectivity index (χ1) is 10.6. The van der Waals surface area contributed by atoms with Gasteiger partial charge in [-0.3, -0.25) is 4.90 Å². The minimum absolute atomic E-state index is 0.130. The minimum atomic E-state index is -0.366. The molecule has 7 heteroatoms. The van der Waals surface area contributed by atoms with Crippen LogP contribution < -0.4 is 16.4 Å². The zero-order chi connectivity index (χ0) is 15.9. The molecule has 0 unspecified atom stereocenters. The number of nitrogens with one attached hydrogen (secondary N) is 2. The molecule has 0 saturated carbocycles. The molecule has 0 aromatic heterocycles. The number of β-amino-alcohol motifs (C(OH)–C–C–N with tert-alkyl or cyclic N) is 1. The smallest absolute Gasteiger partial charge is 0.315 e. The van der Waals surface area contributed by atoms with Gasteiger partial charge in [-0.2, -0.15) is 0 Å². The van der Waals surface area contributed by atoms with E-state index < -0.39 is 0 Å². The number of carbonyl (C=O) groups excluding carboxylic acids is 1. The zero-order valence-electron chi connectivity index (χ0n) is 12.5. The summed E-state index contributed by atoms with van der Waals surface area (Å²) in [4.78, 5) is 13.7. The summed E-state index contributed by atoms with van der Waals surface area (Å²) in [5.41, 5.74) is 6.59. The van der Waals surface area contributed by atoms with E-state index in [0.717, 1.165) is 18.5 Å². The van der Waals surface area contributed by atoms with Crippen LogP contribution in [0.25, 0.3) is 0 Å². The van der Waals surface area contributed by atoms with Crippen molar-refractivity contribution in [2.24, 2.45) is 5.73 Å². The fourth-order valence-electron chi connectivity index (χ4n) is 2.44. The number of amides is 2. The lowest BCUT2D eigenvalue weighted by Gasteiger charge is -2.15. The molecule has 2 amide bonds. The van der Waals surface area contributed by atoms with Crippen LogP contribution in [0.5, 0.6) is 0 Å². The Kier molecular flexibility index (Phi) is 6.11. The first-order valence-corrected chi connectivity index (χ1v) is 7.48. The maximum atomic E-state index is 13.7. The van der Waals surface area contributed by atoms with E-state index in [0.29, 0.717) is 25.2 Å². The molecule has 0 bridgehead atoms. The molecule has 0 radical (unpaired) electrons. The number of carbonyl (C=O) groups is 1. The SMILES string of the molecule is NCc1ccc(CNC(=O)NCCN2CC[C@H](O)C2)c(F)c1. The Morgan fingerprint density at radius 1 is 1.45 bits per heavy atom. The quantitative estimate of drug-likeness (QED) is 0.602. The van der Waals surface area contributed by atoms with Crippen LogP contribution >= 0.6 is 0 Å². The lowest BCUT2D eigenvalue weighted by Crippen LogP contribution is -2.39. The van der Waals surface area contributed by atoms with Crippen molar-refractivity contribution in [2.45, 2.75) is 25.6 Å². The lowest BCUT2D eigenvalue weighted by atomic mass is 10.1. The van der Waals surface area contributed by atoms with Gasteiger partial charge in [0.1, 0.15) is 5.82 Å². The number of benzene rings is 1. The van der Waals surface area contributed by atoms with Crippen LogP contribution in [0.15, 0.2) is 18.2 Å². The van der Waals surface area contributed by atoms with Gasteiger partial charge in [0.25, 0.3) is 0 Å². The first-order valence-electron chi connectivity index (χ1n) is 7.48. The number of aliphatic hydroxyl groups excluding tert-OH is 1. The van der Waals surface area contributed by atoms with E-state index in [1.54, 1.807) is 12.1 Å². The third-order valence-electron chi connectivity index (χ3n) is 3.75. The van der Waals surface area contributed by atoms with Gasteiger partial charge in [0.05, 0.1) is 6.10 Å². The minimum Gasteiger partial charge on any atom is -0.392 e. The molecule has 0 spiro atoms. The van der Waals surface area contributed by atoms with E-state index in [1.807, 2.05) is 0 Å². The van der Waals surface area contributed by atoms with Crippen molar-refractivity contribution in [1.29, 1.82) is 0 Å². The molecule has 2 rings (SSSR count). The molecule has 1 fully saturated rings. The number of hydrogen-bond acceptors (Lipinski definition) is 4. The first kappa shape index (κ1) is 16.7. The van der Waals surface area contributed by atoms with Crippen LogP contribution in [0.3, 0.4) is 0 Å². The van der Waals surface area contributed by atoms with Gasteiger partial charge in [-0.25, -0.2) is 9.18 Å². The maximum absolute atomic E-state index is 13.7. The van der Waals surface area contributed by atoms with E-state index in [2.05, 4.69) is 15.5 Å². The Hall–Kier alpha value is -1.70. The van der Waals surface area contributed by atoms with Crippen molar-refractivity contribution in [2.75, 3.05) is 26.2 Å². The van der Waals surface area contributed by atoms with Gasteiger partial charge in [0.15, 0.2) is 0 Å².